The van der Waals surface area contributed by atoms with Crippen LogP contribution in [0.5, 0.6) is 0 Å². The Bertz CT molecular complexity index is 573. The van der Waals surface area contributed by atoms with Gasteiger partial charge in [-0.15, -0.1) is 0 Å². The van der Waals surface area contributed by atoms with Gasteiger partial charge in [-0.1, -0.05) is 67.6 Å². The number of rotatable bonds is 6. The van der Waals surface area contributed by atoms with Gasteiger partial charge in [-0.05, 0) is 5.56 Å². The van der Waals surface area contributed by atoms with Crippen molar-refractivity contribution in [2.75, 3.05) is 0 Å². The second kappa shape index (κ2) is 6.80. The van der Waals surface area contributed by atoms with Gasteiger partial charge in [-0.2, -0.15) is 0 Å². The van der Waals surface area contributed by atoms with Crippen LogP contribution in [0.2, 0.25) is 0 Å². The van der Waals surface area contributed by atoms with Crippen LogP contribution in [0.1, 0.15) is 29.3 Å². The highest BCUT2D eigenvalue weighted by Gasteiger charge is 2.18. The molecule has 2 aromatic rings. The van der Waals surface area contributed by atoms with E-state index in [1.54, 1.807) is 12.1 Å². The molecule has 0 saturated carbocycles. The van der Waals surface area contributed by atoms with E-state index >= 15 is 0 Å². The maximum atomic E-state index is 12.2. The maximum Gasteiger partial charge on any atom is 0.166 e. The van der Waals surface area contributed by atoms with E-state index in [1.165, 1.54) is 0 Å². The fraction of sp³-hybridized carbons (Fsp3) is 0.222. The minimum atomic E-state index is -0.270. The number of hydrogen-bond acceptors (Lipinski definition) is 2. The Hall–Kier alpha value is -2.22. The largest absolute Gasteiger partial charge is 0.299 e. The first-order chi connectivity index (χ1) is 9.66. The van der Waals surface area contributed by atoms with Gasteiger partial charge >= 0.3 is 0 Å². The molecule has 0 N–H and O–H groups in total. The topological polar surface area (TPSA) is 34.1 Å². The van der Waals surface area contributed by atoms with Gasteiger partial charge in [0.15, 0.2) is 5.78 Å². The van der Waals surface area contributed by atoms with Gasteiger partial charge in [0.2, 0.25) is 0 Å². The van der Waals surface area contributed by atoms with Crippen LogP contribution in [-0.4, -0.2) is 11.6 Å². The molecule has 1 unspecified atom stereocenters. The van der Waals surface area contributed by atoms with Crippen LogP contribution in [-0.2, 0) is 11.2 Å². The molecule has 0 amide bonds. The first-order valence-electron chi connectivity index (χ1n) is 6.81. The van der Waals surface area contributed by atoms with Crippen molar-refractivity contribution in [1.29, 1.82) is 0 Å². The molecule has 1 atom stereocenters. The zero-order valence-electron chi connectivity index (χ0n) is 11.6. The molecular formula is C18H18O2. The average molecular weight is 266 g/mol. The molecule has 0 aliphatic heterocycles. The molecule has 0 heterocycles. The van der Waals surface area contributed by atoms with Crippen molar-refractivity contribution in [1.82, 2.24) is 0 Å². The van der Waals surface area contributed by atoms with Crippen LogP contribution >= 0.6 is 0 Å². The number of hydrogen-bond donors (Lipinski definition) is 0. The molecule has 102 valence electrons. The van der Waals surface area contributed by atoms with Gasteiger partial charge in [0.05, 0.1) is 0 Å². The molecule has 2 aromatic carbocycles. The molecule has 0 spiro atoms. The lowest BCUT2D eigenvalue weighted by Gasteiger charge is -2.09. The third-order valence-corrected chi connectivity index (χ3v) is 3.28. The lowest BCUT2D eigenvalue weighted by molar-refractivity contribution is -0.119. The van der Waals surface area contributed by atoms with E-state index in [0.29, 0.717) is 18.4 Å². The van der Waals surface area contributed by atoms with Crippen molar-refractivity contribution < 1.29 is 9.59 Å². The smallest absolute Gasteiger partial charge is 0.166 e. The quantitative estimate of drug-likeness (QED) is 0.747. The Morgan fingerprint density at radius 3 is 2.05 bits per heavy atom. The van der Waals surface area contributed by atoms with E-state index in [2.05, 4.69) is 0 Å². The summed E-state index contributed by atoms with van der Waals surface area (Å²) < 4.78 is 0. The number of benzene rings is 2. The minimum absolute atomic E-state index is 0.0343. The van der Waals surface area contributed by atoms with Crippen molar-refractivity contribution in [2.24, 2.45) is 5.92 Å². The van der Waals surface area contributed by atoms with Crippen LogP contribution in [0, 0.1) is 5.92 Å². The Morgan fingerprint density at radius 2 is 1.45 bits per heavy atom. The third-order valence-electron chi connectivity index (χ3n) is 3.28. The average Bonchev–Trinajstić information content (AvgIpc) is 2.48. The molecule has 20 heavy (non-hydrogen) atoms. The normalized spacial score (nSPS) is 11.8. The van der Waals surface area contributed by atoms with Crippen molar-refractivity contribution in [3.05, 3.63) is 71.8 Å². The van der Waals surface area contributed by atoms with Gasteiger partial charge in [0, 0.05) is 24.3 Å². The monoisotopic (exact) mass is 266 g/mol. The molecule has 2 heteroatoms. The summed E-state index contributed by atoms with van der Waals surface area (Å²) in [4.78, 5) is 24.2. The number of carbonyl (C=O) groups excluding carboxylic acids is 2. The molecule has 2 nitrogen and oxygen atoms in total. The first-order valence-corrected chi connectivity index (χ1v) is 6.81. The Balaban J connectivity index is 1.93. The van der Waals surface area contributed by atoms with Gasteiger partial charge in [0.1, 0.15) is 5.78 Å². The summed E-state index contributed by atoms with van der Waals surface area (Å²) in [6, 6.07) is 18.8. The molecule has 0 fully saturated rings. The summed E-state index contributed by atoms with van der Waals surface area (Å²) in [6.07, 6.45) is 0.690. The van der Waals surface area contributed by atoms with E-state index in [4.69, 9.17) is 0 Å². The van der Waals surface area contributed by atoms with E-state index in [9.17, 15) is 9.59 Å². The van der Waals surface area contributed by atoms with Crippen LogP contribution in [0.4, 0.5) is 0 Å². The molecule has 0 aromatic heterocycles. The Morgan fingerprint density at radius 1 is 0.900 bits per heavy atom. The molecule has 2 rings (SSSR count). The summed E-state index contributed by atoms with van der Waals surface area (Å²) >= 11 is 0. The van der Waals surface area contributed by atoms with Crippen LogP contribution < -0.4 is 0 Å². The fourth-order valence-corrected chi connectivity index (χ4v) is 2.22. The lowest BCUT2D eigenvalue weighted by Crippen LogP contribution is -2.16. The highest BCUT2D eigenvalue weighted by Crippen LogP contribution is 2.14. The predicted octanol–water partition coefficient (Wildman–Crippen LogP) is 3.71. The zero-order chi connectivity index (χ0) is 14.4. The second-order valence-corrected chi connectivity index (χ2v) is 5.04. The maximum absolute atomic E-state index is 12.2. The van der Waals surface area contributed by atoms with E-state index in [-0.39, 0.29) is 17.5 Å². The SMILES string of the molecule is CC(CC(=O)Cc1ccccc1)C(=O)c1ccccc1. The molecule has 0 radical (unpaired) electrons. The fourth-order valence-electron chi connectivity index (χ4n) is 2.22. The number of carbonyl (C=O) groups is 2. The van der Waals surface area contributed by atoms with Crippen molar-refractivity contribution >= 4 is 11.6 Å². The van der Waals surface area contributed by atoms with Crippen LogP contribution in [0.3, 0.4) is 0 Å². The highest BCUT2D eigenvalue weighted by atomic mass is 16.1. The lowest BCUT2D eigenvalue weighted by atomic mass is 9.93. The highest BCUT2D eigenvalue weighted by molar-refractivity contribution is 5.99. The summed E-state index contributed by atoms with van der Waals surface area (Å²) in [6.45, 7) is 1.82. The summed E-state index contributed by atoms with van der Waals surface area (Å²) in [5.41, 5.74) is 1.67. The standard InChI is InChI=1S/C18H18O2/c1-14(18(20)16-10-6-3-7-11-16)12-17(19)13-15-8-4-2-5-9-15/h2-11,14H,12-13H2,1H3. The summed E-state index contributed by atoms with van der Waals surface area (Å²) in [5.74, 6) is -0.131. The Kier molecular flexibility index (Phi) is 4.83. The van der Waals surface area contributed by atoms with Crippen molar-refractivity contribution in [3.8, 4) is 0 Å². The second-order valence-electron chi connectivity index (χ2n) is 5.04. The van der Waals surface area contributed by atoms with Crippen LogP contribution in [0.15, 0.2) is 60.7 Å². The Labute approximate surface area is 119 Å². The third kappa shape index (κ3) is 3.89. The number of ketones is 2. The zero-order valence-corrected chi connectivity index (χ0v) is 11.6. The minimum Gasteiger partial charge on any atom is -0.299 e. The number of Topliss-reactive ketones (excluding diaryl/α,β-unsaturated/α-hetero) is 2. The molecule has 0 bridgehead atoms. The molecular weight excluding hydrogens is 248 g/mol. The summed E-state index contributed by atoms with van der Waals surface area (Å²) in [5, 5.41) is 0. The van der Waals surface area contributed by atoms with Crippen molar-refractivity contribution in [2.45, 2.75) is 19.8 Å². The van der Waals surface area contributed by atoms with E-state index in [1.807, 2.05) is 55.5 Å². The first kappa shape index (κ1) is 14.2. The molecule has 0 saturated heterocycles. The van der Waals surface area contributed by atoms with Gasteiger partial charge in [0.25, 0.3) is 0 Å². The molecule has 0 aliphatic carbocycles. The predicted molar refractivity (Wildman–Crippen MR) is 79.7 cm³/mol. The van der Waals surface area contributed by atoms with Gasteiger partial charge in [-0.25, -0.2) is 0 Å². The van der Waals surface area contributed by atoms with E-state index in [0.717, 1.165) is 5.56 Å². The van der Waals surface area contributed by atoms with Crippen LogP contribution in [0.25, 0.3) is 0 Å². The summed E-state index contributed by atoms with van der Waals surface area (Å²) in [7, 11) is 0. The van der Waals surface area contributed by atoms with Gasteiger partial charge in [-0.3, -0.25) is 9.59 Å². The van der Waals surface area contributed by atoms with E-state index < -0.39 is 0 Å². The molecule has 0 aliphatic rings. The van der Waals surface area contributed by atoms with Gasteiger partial charge < -0.3 is 0 Å². The van der Waals surface area contributed by atoms with Crippen molar-refractivity contribution in [3.63, 3.8) is 0 Å².